The van der Waals surface area contributed by atoms with Crippen molar-refractivity contribution in [2.45, 2.75) is 57.1 Å². The first kappa shape index (κ1) is 16.7. The second-order valence-corrected chi connectivity index (χ2v) is 6.84. The molecule has 3 aliphatic rings. The number of carbonyl (C=O) groups excluding carboxylic acids is 2. The van der Waals surface area contributed by atoms with Gasteiger partial charge in [0, 0.05) is 25.7 Å². The first-order chi connectivity index (χ1) is 11.2. The van der Waals surface area contributed by atoms with Crippen molar-refractivity contribution in [3.63, 3.8) is 0 Å². The quantitative estimate of drug-likeness (QED) is 0.762. The maximum absolute atomic E-state index is 12.4. The molecule has 6 heteroatoms. The summed E-state index contributed by atoms with van der Waals surface area (Å²) < 4.78 is 10.9. The summed E-state index contributed by atoms with van der Waals surface area (Å²) in [7, 11) is 0. The Morgan fingerprint density at radius 3 is 2.65 bits per heavy atom. The molecule has 2 saturated heterocycles. The molecule has 23 heavy (non-hydrogen) atoms. The van der Waals surface area contributed by atoms with Crippen LogP contribution in [-0.4, -0.2) is 73.2 Å². The number of nitrogens with zero attached hydrogens (tertiary/aromatic N) is 2. The molecule has 0 aromatic carbocycles. The van der Waals surface area contributed by atoms with Crippen molar-refractivity contribution in [1.82, 2.24) is 9.80 Å². The number of carbonyl (C=O) groups is 2. The molecule has 0 aromatic rings. The molecule has 3 fully saturated rings. The van der Waals surface area contributed by atoms with Crippen LogP contribution in [0.1, 0.15) is 44.9 Å². The zero-order valence-electron chi connectivity index (χ0n) is 13.9. The molecule has 2 aliphatic heterocycles. The molecule has 1 saturated carbocycles. The van der Waals surface area contributed by atoms with Gasteiger partial charge in [-0.2, -0.15) is 0 Å². The van der Waals surface area contributed by atoms with Gasteiger partial charge < -0.3 is 19.3 Å². The Balaban J connectivity index is 1.39. The minimum Gasteiger partial charge on any atom is -0.376 e. The summed E-state index contributed by atoms with van der Waals surface area (Å²) in [5, 5.41) is 0. The summed E-state index contributed by atoms with van der Waals surface area (Å²) in [5.74, 6) is 0.00951. The average Bonchev–Trinajstić information content (AvgIpc) is 3.09. The Bertz CT molecular complexity index is 417. The van der Waals surface area contributed by atoms with Crippen LogP contribution in [0.4, 0.5) is 0 Å². The third-order valence-corrected chi connectivity index (χ3v) is 5.18. The minimum absolute atomic E-state index is 0.0522. The van der Waals surface area contributed by atoms with E-state index in [1.165, 1.54) is 19.3 Å². The maximum Gasteiger partial charge on any atom is 0.249 e. The number of hydrogen-bond acceptors (Lipinski definition) is 4. The Hall–Kier alpha value is -1.14. The van der Waals surface area contributed by atoms with Crippen LogP contribution in [-0.2, 0) is 19.1 Å². The third-order valence-electron chi connectivity index (χ3n) is 5.18. The minimum atomic E-state index is -0.0837. The molecule has 0 radical (unpaired) electrons. The number of ether oxygens (including phenoxy) is 2. The van der Waals surface area contributed by atoms with Crippen LogP contribution >= 0.6 is 0 Å². The zero-order valence-corrected chi connectivity index (χ0v) is 13.9. The lowest BCUT2D eigenvalue weighted by Gasteiger charge is -2.40. The van der Waals surface area contributed by atoms with E-state index >= 15 is 0 Å². The molecule has 1 atom stereocenters. The number of amides is 2. The molecular weight excluding hydrogens is 296 g/mol. The second kappa shape index (κ2) is 8.11. The number of rotatable bonds is 5. The Morgan fingerprint density at radius 1 is 1.13 bits per heavy atom. The fourth-order valence-electron chi connectivity index (χ4n) is 3.82. The molecule has 0 unspecified atom stereocenters. The molecule has 2 heterocycles. The largest absolute Gasteiger partial charge is 0.376 e. The van der Waals surface area contributed by atoms with Crippen LogP contribution in [0.5, 0.6) is 0 Å². The molecule has 2 amide bonds. The van der Waals surface area contributed by atoms with Gasteiger partial charge in [-0.25, -0.2) is 0 Å². The van der Waals surface area contributed by atoms with E-state index in [0.29, 0.717) is 25.7 Å². The van der Waals surface area contributed by atoms with Crippen LogP contribution in [0.15, 0.2) is 0 Å². The van der Waals surface area contributed by atoms with Gasteiger partial charge in [-0.1, -0.05) is 19.3 Å². The molecule has 3 rings (SSSR count). The van der Waals surface area contributed by atoms with Gasteiger partial charge in [-0.15, -0.1) is 0 Å². The van der Waals surface area contributed by atoms with Gasteiger partial charge in [0.25, 0.3) is 0 Å². The molecule has 0 aromatic heterocycles. The van der Waals surface area contributed by atoms with E-state index in [0.717, 1.165) is 32.3 Å². The maximum atomic E-state index is 12.4. The fourth-order valence-corrected chi connectivity index (χ4v) is 3.82. The lowest BCUT2D eigenvalue weighted by atomic mass is 9.93. The zero-order chi connectivity index (χ0) is 16.1. The SMILES string of the molecule is O=C(COC[C@@H]1CCCO1)N1CCN(C2CCCCC2)C(=O)C1. The Morgan fingerprint density at radius 2 is 1.96 bits per heavy atom. The lowest BCUT2D eigenvalue weighted by molar-refractivity contribution is -0.150. The molecule has 0 spiro atoms. The molecule has 0 bridgehead atoms. The van der Waals surface area contributed by atoms with Crippen molar-refractivity contribution in [3.8, 4) is 0 Å². The number of hydrogen-bond donors (Lipinski definition) is 0. The predicted octanol–water partition coefficient (Wildman–Crippen LogP) is 1.19. The molecular formula is C17H28N2O4. The predicted molar refractivity (Wildman–Crippen MR) is 85.0 cm³/mol. The van der Waals surface area contributed by atoms with E-state index in [1.807, 2.05) is 4.90 Å². The molecule has 1 aliphatic carbocycles. The topological polar surface area (TPSA) is 59.1 Å². The van der Waals surface area contributed by atoms with Crippen LogP contribution < -0.4 is 0 Å². The standard InChI is InChI=1S/C17H28N2O4/c20-16-11-18(8-9-19(16)14-5-2-1-3-6-14)17(21)13-22-12-15-7-4-10-23-15/h14-15H,1-13H2/t15-/m0/s1. The van der Waals surface area contributed by atoms with Crippen molar-refractivity contribution in [2.75, 3.05) is 39.5 Å². The van der Waals surface area contributed by atoms with E-state index < -0.39 is 0 Å². The highest BCUT2D eigenvalue weighted by Gasteiger charge is 2.32. The first-order valence-electron chi connectivity index (χ1n) is 9.00. The summed E-state index contributed by atoms with van der Waals surface area (Å²) in [5.41, 5.74) is 0. The number of piperazine rings is 1. The summed E-state index contributed by atoms with van der Waals surface area (Å²) in [6.07, 6.45) is 8.15. The Kier molecular flexibility index (Phi) is 5.89. The van der Waals surface area contributed by atoms with Crippen molar-refractivity contribution >= 4 is 11.8 Å². The van der Waals surface area contributed by atoms with Crippen molar-refractivity contribution in [1.29, 1.82) is 0 Å². The van der Waals surface area contributed by atoms with E-state index in [1.54, 1.807) is 4.90 Å². The Labute approximate surface area is 138 Å². The molecule has 0 N–H and O–H groups in total. The van der Waals surface area contributed by atoms with Crippen molar-refractivity contribution < 1.29 is 19.1 Å². The fraction of sp³-hybridized carbons (Fsp3) is 0.882. The smallest absolute Gasteiger partial charge is 0.249 e. The van der Waals surface area contributed by atoms with Gasteiger partial charge in [-0.05, 0) is 25.7 Å². The highest BCUT2D eigenvalue weighted by atomic mass is 16.5. The van der Waals surface area contributed by atoms with Crippen LogP contribution in [0, 0.1) is 0 Å². The summed E-state index contributed by atoms with van der Waals surface area (Å²) in [6, 6.07) is 0.393. The van der Waals surface area contributed by atoms with Crippen molar-refractivity contribution in [2.24, 2.45) is 0 Å². The van der Waals surface area contributed by atoms with E-state index in [4.69, 9.17) is 9.47 Å². The first-order valence-corrected chi connectivity index (χ1v) is 9.00. The van der Waals surface area contributed by atoms with Gasteiger partial charge in [-0.3, -0.25) is 9.59 Å². The van der Waals surface area contributed by atoms with Gasteiger partial charge >= 0.3 is 0 Å². The average molecular weight is 324 g/mol. The van der Waals surface area contributed by atoms with E-state index in [2.05, 4.69) is 0 Å². The monoisotopic (exact) mass is 324 g/mol. The van der Waals surface area contributed by atoms with Gasteiger partial charge in [0.2, 0.25) is 11.8 Å². The molecule has 130 valence electrons. The van der Waals surface area contributed by atoms with Crippen LogP contribution in [0.2, 0.25) is 0 Å². The highest BCUT2D eigenvalue weighted by molar-refractivity contribution is 5.86. The van der Waals surface area contributed by atoms with E-state index in [9.17, 15) is 9.59 Å². The summed E-state index contributed by atoms with van der Waals surface area (Å²) >= 11 is 0. The van der Waals surface area contributed by atoms with Gasteiger partial charge in [0.1, 0.15) is 6.61 Å². The second-order valence-electron chi connectivity index (χ2n) is 6.84. The highest BCUT2D eigenvalue weighted by Crippen LogP contribution is 2.24. The normalized spacial score (nSPS) is 26.8. The summed E-state index contributed by atoms with van der Waals surface area (Å²) in [4.78, 5) is 28.2. The summed E-state index contributed by atoms with van der Waals surface area (Å²) in [6.45, 7) is 2.82. The van der Waals surface area contributed by atoms with Crippen LogP contribution in [0.25, 0.3) is 0 Å². The lowest BCUT2D eigenvalue weighted by Crippen LogP contribution is -2.56. The van der Waals surface area contributed by atoms with E-state index in [-0.39, 0.29) is 31.1 Å². The van der Waals surface area contributed by atoms with Gasteiger partial charge in [0.15, 0.2) is 0 Å². The third kappa shape index (κ3) is 4.44. The van der Waals surface area contributed by atoms with Crippen LogP contribution in [0.3, 0.4) is 0 Å². The van der Waals surface area contributed by atoms with Gasteiger partial charge in [0.05, 0.1) is 19.3 Å². The van der Waals surface area contributed by atoms with Crippen molar-refractivity contribution in [3.05, 3.63) is 0 Å². The molecule has 6 nitrogen and oxygen atoms in total.